The number of alkyl halides is 3. The monoisotopic (exact) mass is 315 g/mol. The number of carbonyl (C=O) groups is 1. The first-order chi connectivity index (χ1) is 10.4. The van der Waals surface area contributed by atoms with Crippen LogP contribution in [-0.4, -0.2) is 59.1 Å². The maximum Gasteiger partial charge on any atom is 0.403 e. The molecule has 122 valence electrons. The maximum atomic E-state index is 12.7. The van der Waals surface area contributed by atoms with Crippen LogP contribution in [-0.2, 0) is 11.2 Å². The molecule has 1 aromatic heterocycles. The van der Waals surface area contributed by atoms with E-state index in [1.807, 2.05) is 18.2 Å². The van der Waals surface area contributed by atoms with Crippen molar-refractivity contribution in [3.63, 3.8) is 0 Å². The predicted molar refractivity (Wildman–Crippen MR) is 76.2 cm³/mol. The summed E-state index contributed by atoms with van der Waals surface area (Å²) in [5.74, 6) is -0.0232. The highest BCUT2D eigenvalue weighted by molar-refractivity contribution is 5.76. The first-order valence-electron chi connectivity index (χ1n) is 7.36. The quantitative estimate of drug-likeness (QED) is 0.854. The van der Waals surface area contributed by atoms with Crippen LogP contribution in [0.5, 0.6) is 0 Å². The van der Waals surface area contributed by atoms with Gasteiger partial charge in [-0.05, 0) is 25.5 Å². The molecule has 2 rings (SSSR count). The molecule has 0 unspecified atom stereocenters. The third-order valence-corrected chi connectivity index (χ3v) is 4.01. The maximum absolute atomic E-state index is 12.7. The largest absolute Gasteiger partial charge is 0.403 e. The third-order valence-electron chi connectivity index (χ3n) is 4.01. The standard InChI is InChI=1S/C15H20F3N3O/c1-12(15(16,17)18)20-8-10-21(11-9-20)14(22)6-5-13-4-2-3-7-19-13/h2-4,7,12H,5-6,8-11H2,1H3/t12-/m0/s1. The van der Waals surface area contributed by atoms with E-state index in [-0.39, 0.29) is 19.0 Å². The van der Waals surface area contributed by atoms with E-state index < -0.39 is 12.2 Å². The Kier molecular flexibility index (Phi) is 5.39. The first-order valence-corrected chi connectivity index (χ1v) is 7.36. The minimum Gasteiger partial charge on any atom is -0.340 e. The first kappa shape index (κ1) is 16.7. The molecule has 1 atom stereocenters. The van der Waals surface area contributed by atoms with Crippen LogP contribution >= 0.6 is 0 Å². The molecular weight excluding hydrogens is 295 g/mol. The minimum atomic E-state index is -4.22. The lowest BCUT2D eigenvalue weighted by molar-refractivity contribution is -0.183. The van der Waals surface area contributed by atoms with E-state index in [9.17, 15) is 18.0 Å². The lowest BCUT2D eigenvalue weighted by atomic mass is 10.1. The van der Waals surface area contributed by atoms with Crippen molar-refractivity contribution in [3.05, 3.63) is 30.1 Å². The lowest BCUT2D eigenvalue weighted by Gasteiger charge is -2.38. The van der Waals surface area contributed by atoms with Crippen molar-refractivity contribution < 1.29 is 18.0 Å². The number of hydrogen-bond acceptors (Lipinski definition) is 3. The molecule has 7 heteroatoms. The number of piperazine rings is 1. The van der Waals surface area contributed by atoms with Crippen LogP contribution in [0, 0.1) is 0 Å². The number of amides is 1. The summed E-state index contributed by atoms with van der Waals surface area (Å²) >= 11 is 0. The molecule has 0 saturated carbocycles. The Labute approximate surface area is 127 Å². The highest BCUT2D eigenvalue weighted by Gasteiger charge is 2.41. The summed E-state index contributed by atoms with van der Waals surface area (Å²) in [5, 5.41) is 0. The van der Waals surface area contributed by atoms with Gasteiger partial charge in [0.15, 0.2) is 0 Å². The van der Waals surface area contributed by atoms with E-state index in [4.69, 9.17) is 0 Å². The molecule has 0 aliphatic carbocycles. The van der Waals surface area contributed by atoms with Crippen LogP contribution < -0.4 is 0 Å². The number of aryl methyl sites for hydroxylation is 1. The zero-order valence-corrected chi connectivity index (χ0v) is 12.5. The summed E-state index contributed by atoms with van der Waals surface area (Å²) in [6.07, 6.45) is -1.65. The molecule has 0 spiro atoms. The molecule has 0 radical (unpaired) electrons. The van der Waals surface area contributed by atoms with Crippen molar-refractivity contribution in [1.82, 2.24) is 14.8 Å². The summed E-state index contributed by atoms with van der Waals surface area (Å²) in [4.78, 5) is 19.3. The number of pyridine rings is 1. The smallest absolute Gasteiger partial charge is 0.340 e. The number of nitrogens with zero attached hydrogens (tertiary/aromatic N) is 3. The van der Waals surface area contributed by atoms with Crippen molar-refractivity contribution in [2.45, 2.75) is 32.0 Å². The van der Waals surface area contributed by atoms with Crippen LogP contribution in [0.1, 0.15) is 19.0 Å². The van der Waals surface area contributed by atoms with Gasteiger partial charge in [-0.1, -0.05) is 6.07 Å². The summed E-state index contributed by atoms with van der Waals surface area (Å²) in [5.41, 5.74) is 0.847. The van der Waals surface area contributed by atoms with Crippen molar-refractivity contribution >= 4 is 5.91 Å². The fraction of sp³-hybridized carbons (Fsp3) is 0.600. The average molecular weight is 315 g/mol. The molecule has 0 N–H and O–H groups in total. The minimum absolute atomic E-state index is 0.0232. The van der Waals surface area contributed by atoms with Gasteiger partial charge in [0.05, 0.1) is 0 Å². The molecule has 2 heterocycles. The van der Waals surface area contributed by atoms with Crippen molar-refractivity contribution in [1.29, 1.82) is 0 Å². The van der Waals surface area contributed by atoms with Gasteiger partial charge in [0.25, 0.3) is 0 Å². The highest BCUT2D eigenvalue weighted by atomic mass is 19.4. The molecule has 1 saturated heterocycles. The van der Waals surface area contributed by atoms with Crippen molar-refractivity contribution in [2.75, 3.05) is 26.2 Å². The van der Waals surface area contributed by atoms with Crippen LogP contribution in [0.2, 0.25) is 0 Å². The number of halogens is 3. The van der Waals surface area contributed by atoms with Gasteiger partial charge in [-0.15, -0.1) is 0 Å². The fourth-order valence-corrected chi connectivity index (χ4v) is 2.50. The Morgan fingerprint density at radius 1 is 1.27 bits per heavy atom. The van der Waals surface area contributed by atoms with Crippen LogP contribution in [0.25, 0.3) is 0 Å². The van der Waals surface area contributed by atoms with Gasteiger partial charge in [-0.3, -0.25) is 14.7 Å². The Bertz CT molecular complexity index is 485. The van der Waals surface area contributed by atoms with Gasteiger partial charge in [-0.25, -0.2) is 0 Å². The van der Waals surface area contributed by atoms with Gasteiger partial charge in [0, 0.05) is 44.5 Å². The van der Waals surface area contributed by atoms with Gasteiger partial charge >= 0.3 is 6.18 Å². The Hall–Kier alpha value is -1.63. The van der Waals surface area contributed by atoms with Crippen LogP contribution in [0.3, 0.4) is 0 Å². The highest BCUT2D eigenvalue weighted by Crippen LogP contribution is 2.25. The molecule has 1 aromatic rings. The molecule has 1 aliphatic heterocycles. The van der Waals surface area contributed by atoms with Gasteiger partial charge in [0.1, 0.15) is 6.04 Å². The number of hydrogen-bond donors (Lipinski definition) is 0. The average Bonchev–Trinajstić information content (AvgIpc) is 2.52. The van der Waals surface area contributed by atoms with E-state index in [2.05, 4.69) is 4.98 Å². The lowest BCUT2D eigenvalue weighted by Crippen LogP contribution is -2.54. The van der Waals surface area contributed by atoms with Gasteiger partial charge in [0.2, 0.25) is 5.91 Å². The zero-order valence-electron chi connectivity index (χ0n) is 12.5. The molecule has 1 aliphatic rings. The van der Waals surface area contributed by atoms with Crippen LogP contribution in [0.15, 0.2) is 24.4 Å². The third kappa shape index (κ3) is 4.43. The van der Waals surface area contributed by atoms with Gasteiger partial charge < -0.3 is 4.90 Å². The second-order valence-corrected chi connectivity index (χ2v) is 5.46. The Morgan fingerprint density at radius 2 is 1.95 bits per heavy atom. The molecule has 1 fully saturated rings. The Morgan fingerprint density at radius 3 is 2.50 bits per heavy atom. The summed E-state index contributed by atoms with van der Waals surface area (Å²) < 4.78 is 38.0. The molecular formula is C15H20F3N3O. The van der Waals surface area contributed by atoms with Crippen molar-refractivity contribution in [3.8, 4) is 0 Å². The number of carbonyl (C=O) groups excluding carboxylic acids is 1. The second kappa shape index (κ2) is 7.09. The molecule has 22 heavy (non-hydrogen) atoms. The summed E-state index contributed by atoms with van der Waals surface area (Å²) in [7, 11) is 0. The molecule has 1 amide bonds. The Balaban J connectivity index is 1.78. The van der Waals surface area contributed by atoms with Crippen LogP contribution in [0.4, 0.5) is 13.2 Å². The topological polar surface area (TPSA) is 36.4 Å². The van der Waals surface area contributed by atoms with E-state index in [0.717, 1.165) is 5.69 Å². The summed E-state index contributed by atoms with van der Waals surface area (Å²) in [6.45, 7) is 2.38. The molecule has 4 nitrogen and oxygen atoms in total. The normalized spacial score (nSPS) is 18.3. The second-order valence-electron chi connectivity index (χ2n) is 5.46. The number of rotatable bonds is 4. The van der Waals surface area contributed by atoms with Gasteiger partial charge in [-0.2, -0.15) is 13.2 Å². The van der Waals surface area contributed by atoms with E-state index in [1.165, 1.54) is 11.8 Å². The molecule has 0 bridgehead atoms. The number of aromatic nitrogens is 1. The van der Waals surface area contributed by atoms with E-state index in [0.29, 0.717) is 25.9 Å². The SMILES string of the molecule is C[C@H](N1CCN(C(=O)CCc2ccccn2)CC1)C(F)(F)F. The van der Waals surface area contributed by atoms with E-state index in [1.54, 1.807) is 11.1 Å². The van der Waals surface area contributed by atoms with Crippen molar-refractivity contribution in [2.24, 2.45) is 0 Å². The fourth-order valence-electron chi connectivity index (χ4n) is 2.50. The zero-order chi connectivity index (χ0) is 16.2. The van der Waals surface area contributed by atoms with E-state index >= 15 is 0 Å². The summed E-state index contributed by atoms with van der Waals surface area (Å²) in [6, 6.07) is 4.07. The predicted octanol–water partition coefficient (Wildman–Crippen LogP) is 2.11. The molecule has 0 aromatic carbocycles.